The van der Waals surface area contributed by atoms with Gasteiger partial charge in [-0.3, -0.25) is 4.79 Å². The fourth-order valence-electron chi connectivity index (χ4n) is 7.92. The van der Waals surface area contributed by atoms with Gasteiger partial charge in [0.15, 0.2) is 0 Å². The lowest BCUT2D eigenvalue weighted by Gasteiger charge is -2.57. The monoisotopic (exact) mass is 459 g/mol. The molecule has 0 spiro atoms. The second kappa shape index (κ2) is 9.85. The highest BCUT2D eigenvalue weighted by molar-refractivity contribution is 5.79. The van der Waals surface area contributed by atoms with E-state index in [1.54, 1.807) is 0 Å². The minimum atomic E-state index is -0.685. The van der Waals surface area contributed by atoms with Crippen molar-refractivity contribution in [3.05, 3.63) is 71.8 Å². The summed E-state index contributed by atoms with van der Waals surface area (Å²) in [6, 6.07) is 19.9. The molecule has 182 valence electrons. The molecule has 1 N–H and O–H groups in total. The van der Waals surface area contributed by atoms with Crippen LogP contribution in [0.3, 0.4) is 0 Å². The Morgan fingerprint density at radius 2 is 1.47 bits per heavy atom. The lowest BCUT2D eigenvalue weighted by Crippen LogP contribution is -2.47. The van der Waals surface area contributed by atoms with Crippen LogP contribution in [0.2, 0.25) is 0 Å². The van der Waals surface area contributed by atoms with Gasteiger partial charge in [0.2, 0.25) is 5.91 Å². The number of likely N-dealkylation sites (N-methyl/N-ethyl adjacent to an activating group) is 1. The lowest BCUT2D eigenvalue weighted by atomic mass is 9.48. The van der Waals surface area contributed by atoms with Crippen molar-refractivity contribution < 1.29 is 9.90 Å². The Hall–Kier alpha value is -2.13. The van der Waals surface area contributed by atoms with Crippen LogP contribution in [0.5, 0.6) is 0 Å². The maximum atomic E-state index is 13.9. The largest absolute Gasteiger partial charge is 0.386 e. The average Bonchev–Trinajstić information content (AvgIpc) is 2.85. The number of amides is 1. The molecule has 3 heteroatoms. The van der Waals surface area contributed by atoms with E-state index < -0.39 is 6.10 Å². The first-order valence-electron chi connectivity index (χ1n) is 13.5. The summed E-state index contributed by atoms with van der Waals surface area (Å²) >= 11 is 0. The van der Waals surface area contributed by atoms with E-state index in [4.69, 9.17) is 0 Å². The van der Waals surface area contributed by atoms with Gasteiger partial charge in [-0.05, 0) is 99.0 Å². The predicted molar refractivity (Wildman–Crippen MR) is 137 cm³/mol. The number of carbonyl (C=O) groups is 1. The standard InChI is InChI=1S/C31H41NO2/c1-22(29(33)27-11-7-4-8-12-27)32(2)30(34)28(18-23-9-5-3-6-10-23)13-14-31-19-24-15-25(20-31)17-26(16-24)21-31/h3-12,22,24-26,28-29,33H,13-21H2,1-2H3/t22-,24?,25?,26?,28-,29+,31?/m0/s1. The van der Waals surface area contributed by atoms with Crippen molar-refractivity contribution in [2.75, 3.05) is 7.05 Å². The van der Waals surface area contributed by atoms with Crippen molar-refractivity contribution in [2.45, 2.75) is 76.9 Å². The van der Waals surface area contributed by atoms with E-state index >= 15 is 0 Å². The number of rotatable bonds is 9. The molecule has 0 aliphatic heterocycles. The van der Waals surface area contributed by atoms with E-state index in [2.05, 4.69) is 24.3 Å². The molecule has 4 saturated carbocycles. The molecule has 0 unspecified atom stereocenters. The van der Waals surface area contributed by atoms with Crippen LogP contribution < -0.4 is 0 Å². The fourth-order valence-corrected chi connectivity index (χ4v) is 7.92. The molecular formula is C31H41NO2. The third kappa shape index (κ3) is 4.96. The number of hydrogen-bond acceptors (Lipinski definition) is 2. The molecule has 34 heavy (non-hydrogen) atoms. The first-order valence-corrected chi connectivity index (χ1v) is 13.5. The molecule has 4 aliphatic carbocycles. The smallest absolute Gasteiger partial charge is 0.226 e. The van der Waals surface area contributed by atoms with Crippen LogP contribution in [0.25, 0.3) is 0 Å². The van der Waals surface area contributed by atoms with Crippen LogP contribution >= 0.6 is 0 Å². The number of carbonyl (C=O) groups excluding carboxylic acids is 1. The zero-order valence-corrected chi connectivity index (χ0v) is 20.9. The molecule has 4 bridgehead atoms. The van der Waals surface area contributed by atoms with E-state index in [0.29, 0.717) is 5.41 Å². The zero-order chi connectivity index (χ0) is 23.7. The van der Waals surface area contributed by atoms with E-state index in [0.717, 1.165) is 36.2 Å². The molecule has 1 amide bonds. The number of hydrogen-bond donors (Lipinski definition) is 1. The Morgan fingerprint density at radius 3 is 2.03 bits per heavy atom. The summed E-state index contributed by atoms with van der Waals surface area (Å²) in [5, 5.41) is 11.0. The van der Waals surface area contributed by atoms with Gasteiger partial charge in [-0.2, -0.15) is 0 Å². The Balaban J connectivity index is 1.30. The van der Waals surface area contributed by atoms with Crippen molar-refractivity contribution in [2.24, 2.45) is 29.1 Å². The Kier molecular flexibility index (Phi) is 6.84. The molecule has 3 atom stereocenters. The summed E-state index contributed by atoms with van der Waals surface area (Å²) < 4.78 is 0. The van der Waals surface area contributed by atoms with Crippen LogP contribution in [0.4, 0.5) is 0 Å². The van der Waals surface area contributed by atoms with Gasteiger partial charge >= 0.3 is 0 Å². The van der Waals surface area contributed by atoms with Gasteiger partial charge in [-0.15, -0.1) is 0 Å². The fraction of sp³-hybridized carbons (Fsp3) is 0.581. The van der Waals surface area contributed by atoms with Crippen LogP contribution in [-0.2, 0) is 11.2 Å². The minimum Gasteiger partial charge on any atom is -0.386 e. The lowest BCUT2D eigenvalue weighted by molar-refractivity contribution is -0.139. The van der Waals surface area contributed by atoms with Crippen molar-refractivity contribution in [3.8, 4) is 0 Å². The van der Waals surface area contributed by atoms with Gasteiger partial charge in [0.1, 0.15) is 0 Å². The highest BCUT2D eigenvalue weighted by Gasteiger charge is 2.50. The molecule has 0 radical (unpaired) electrons. The molecule has 6 rings (SSSR count). The second-order valence-corrected chi connectivity index (χ2v) is 11.9. The summed E-state index contributed by atoms with van der Waals surface area (Å²) in [6.07, 6.45) is 10.8. The van der Waals surface area contributed by atoms with Crippen LogP contribution in [0.1, 0.15) is 75.5 Å². The Morgan fingerprint density at radius 1 is 0.941 bits per heavy atom. The van der Waals surface area contributed by atoms with Crippen LogP contribution in [0, 0.1) is 29.1 Å². The maximum absolute atomic E-state index is 13.9. The molecular weight excluding hydrogens is 418 g/mol. The third-order valence-electron chi connectivity index (χ3n) is 9.42. The zero-order valence-electron chi connectivity index (χ0n) is 20.9. The van der Waals surface area contributed by atoms with Crippen molar-refractivity contribution in [1.82, 2.24) is 4.90 Å². The molecule has 2 aromatic carbocycles. The average molecular weight is 460 g/mol. The number of aliphatic hydroxyl groups is 1. The minimum absolute atomic E-state index is 0.0363. The van der Waals surface area contributed by atoms with E-state index in [1.807, 2.05) is 55.3 Å². The quantitative estimate of drug-likeness (QED) is 0.470. The number of benzene rings is 2. The molecule has 2 aromatic rings. The predicted octanol–water partition coefficient (Wildman–Crippen LogP) is 6.42. The van der Waals surface area contributed by atoms with Crippen molar-refractivity contribution in [1.29, 1.82) is 0 Å². The van der Waals surface area contributed by atoms with Gasteiger partial charge in [0.25, 0.3) is 0 Å². The van der Waals surface area contributed by atoms with Crippen molar-refractivity contribution in [3.63, 3.8) is 0 Å². The molecule has 3 nitrogen and oxygen atoms in total. The summed E-state index contributed by atoms with van der Waals surface area (Å²) in [4.78, 5) is 15.7. The molecule has 0 heterocycles. The molecule has 4 fully saturated rings. The first-order chi connectivity index (χ1) is 16.4. The summed E-state index contributed by atoms with van der Waals surface area (Å²) in [5.74, 6) is 2.97. The second-order valence-electron chi connectivity index (χ2n) is 11.9. The highest BCUT2D eigenvalue weighted by Crippen LogP contribution is 2.61. The normalized spacial score (nSPS) is 30.0. The van der Waals surface area contributed by atoms with Gasteiger partial charge in [-0.25, -0.2) is 0 Å². The summed E-state index contributed by atoms with van der Waals surface area (Å²) in [6.45, 7) is 1.97. The van der Waals surface area contributed by atoms with Crippen molar-refractivity contribution >= 4 is 5.91 Å². The molecule has 4 aliphatic rings. The Labute approximate surface area is 205 Å². The van der Waals surface area contributed by atoms with Gasteiger partial charge < -0.3 is 10.0 Å². The summed E-state index contributed by atoms with van der Waals surface area (Å²) in [7, 11) is 1.88. The van der Waals surface area contributed by atoms with Gasteiger partial charge in [-0.1, -0.05) is 60.7 Å². The summed E-state index contributed by atoms with van der Waals surface area (Å²) in [5.41, 5.74) is 2.58. The molecule has 0 aromatic heterocycles. The van der Waals surface area contributed by atoms with E-state index in [1.165, 1.54) is 50.5 Å². The first kappa shape index (κ1) is 23.6. The van der Waals surface area contributed by atoms with Crippen LogP contribution in [-0.4, -0.2) is 29.0 Å². The number of nitrogens with zero attached hydrogens (tertiary/aromatic N) is 1. The maximum Gasteiger partial charge on any atom is 0.226 e. The molecule has 0 saturated heterocycles. The van der Waals surface area contributed by atoms with E-state index in [-0.39, 0.29) is 17.9 Å². The third-order valence-corrected chi connectivity index (χ3v) is 9.42. The van der Waals surface area contributed by atoms with Gasteiger partial charge in [0, 0.05) is 13.0 Å². The topological polar surface area (TPSA) is 40.5 Å². The SMILES string of the molecule is C[C@@H]([C@@H](O)c1ccccc1)N(C)C(=O)[C@@H](CCC12CC3CC(CC(C3)C1)C2)Cc1ccccc1. The Bertz CT molecular complexity index is 921. The van der Waals surface area contributed by atoms with Crippen LogP contribution in [0.15, 0.2) is 60.7 Å². The highest BCUT2D eigenvalue weighted by atomic mass is 16.3. The van der Waals surface area contributed by atoms with E-state index in [9.17, 15) is 9.90 Å². The number of aliphatic hydroxyl groups excluding tert-OH is 1. The van der Waals surface area contributed by atoms with Gasteiger partial charge in [0.05, 0.1) is 12.1 Å².